The van der Waals surface area contributed by atoms with Gasteiger partial charge in [0, 0.05) is 66.0 Å². The number of rotatable bonds is 11. The number of amides is 1. The standard InChI is InChI=1S/C22H37N5O3/c1-4-30-17-5-10-23-22(25-18-20-6-8-21(29-3)9-7-20)24-11-12-26-13-15-27(16-14-26)19(2)28/h6-9H,4-5,10-18H2,1-3H3,(H2,23,24,25). The van der Waals surface area contributed by atoms with Crippen molar-refractivity contribution in [2.24, 2.45) is 4.99 Å². The van der Waals surface area contributed by atoms with Crippen LogP contribution in [-0.4, -0.2) is 87.8 Å². The molecule has 30 heavy (non-hydrogen) atoms. The summed E-state index contributed by atoms with van der Waals surface area (Å²) >= 11 is 0. The molecule has 0 aliphatic carbocycles. The second kappa shape index (κ2) is 13.8. The fraction of sp³-hybridized carbons (Fsp3) is 0.636. The van der Waals surface area contributed by atoms with Crippen LogP contribution in [0.3, 0.4) is 0 Å². The van der Waals surface area contributed by atoms with Crippen molar-refractivity contribution in [2.75, 3.05) is 66.1 Å². The van der Waals surface area contributed by atoms with Gasteiger partial charge in [0.15, 0.2) is 5.96 Å². The predicted octanol–water partition coefficient (Wildman–Crippen LogP) is 1.32. The van der Waals surface area contributed by atoms with E-state index in [9.17, 15) is 4.79 Å². The second-order valence-electron chi connectivity index (χ2n) is 7.26. The first-order valence-electron chi connectivity index (χ1n) is 10.8. The minimum Gasteiger partial charge on any atom is -0.497 e. The molecule has 1 aliphatic heterocycles. The Balaban J connectivity index is 1.80. The summed E-state index contributed by atoms with van der Waals surface area (Å²) in [6, 6.07) is 7.97. The quantitative estimate of drug-likeness (QED) is 0.320. The van der Waals surface area contributed by atoms with Crippen LogP contribution in [-0.2, 0) is 16.1 Å². The first-order valence-corrected chi connectivity index (χ1v) is 10.8. The van der Waals surface area contributed by atoms with Crippen molar-refractivity contribution in [1.29, 1.82) is 0 Å². The number of aliphatic imine (C=N–C) groups is 1. The molecule has 2 N–H and O–H groups in total. The number of hydrogen-bond donors (Lipinski definition) is 2. The first kappa shape index (κ1) is 24.0. The van der Waals surface area contributed by atoms with Crippen molar-refractivity contribution in [3.05, 3.63) is 29.8 Å². The summed E-state index contributed by atoms with van der Waals surface area (Å²) in [6.07, 6.45) is 0.935. The molecule has 2 rings (SSSR count). The van der Waals surface area contributed by atoms with Crippen molar-refractivity contribution in [1.82, 2.24) is 20.4 Å². The smallest absolute Gasteiger partial charge is 0.219 e. The van der Waals surface area contributed by atoms with E-state index in [1.807, 2.05) is 36.1 Å². The third kappa shape index (κ3) is 9.00. The van der Waals surface area contributed by atoms with Gasteiger partial charge in [-0.3, -0.25) is 9.69 Å². The number of carbonyl (C=O) groups is 1. The van der Waals surface area contributed by atoms with Crippen LogP contribution >= 0.6 is 0 Å². The summed E-state index contributed by atoms with van der Waals surface area (Å²) in [5, 5.41) is 6.83. The molecular formula is C22H37N5O3. The van der Waals surface area contributed by atoms with Gasteiger partial charge in [-0.25, -0.2) is 4.99 Å². The van der Waals surface area contributed by atoms with Crippen LogP contribution in [0.4, 0.5) is 0 Å². The maximum Gasteiger partial charge on any atom is 0.219 e. The molecule has 168 valence electrons. The second-order valence-corrected chi connectivity index (χ2v) is 7.26. The Morgan fingerprint density at radius 3 is 2.43 bits per heavy atom. The number of nitrogens with zero attached hydrogens (tertiary/aromatic N) is 3. The van der Waals surface area contributed by atoms with Crippen molar-refractivity contribution < 1.29 is 14.3 Å². The van der Waals surface area contributed by atoms with E-state index in [4.69, 9.17) is 14.5 Å². The van der Waals surface area contributed by atoms with Crippen molar-refractivity contribution in [3.63, 3.8) is 0 Å². The highest BCUT2D eigenvalue weighted by Crippen LogP contribution is 2.11. The van der Waals surface area contributed by atoms with E-state index in [2.05, 4.69) is 15.5 Å². The van der Waals surface area contributed by atoms with Crippen LogP contribution in [0.15, 0.2) is 29.3 Å². The zero-order chi connectivity index (χ0) is 21.6. The highest BCUT2D eigenvalue weighted by atomic mass is 16.5. The van der Waals surface area contributed by atoms with Gasteiger partial charge >= 0.3 is 0 Å². The Bertz CT molecular complexity index is 643. The molecule has 0 aromatic heterocycles. The summed E-state index contributed by atoms with van der Waals surface area (Å²) in [4.78, 5) is 20.5. The monoisotopic (exact) mass is 419 g/mol. The lowest BCUT2D eigenvalue weighted by molar-refractivity contribution is -0.130. The molecule has 0 spiro atoms. The van der Waals surface area contributed by atoms with E-state index < -0.39 is 0 Å². The molecule has 0 bridgehead atoms. The van der Waals surface area contributed by atoms with Gasteiger partial charge in [-0.15, -0.1) is 0 Å². The van der Waals surface area contributed by atoms with Gasteiger partial charge in [-0.2, -0.15) is 0 Å². The van der Waals surface area contributed by atoms with E-state index in [0.717, 1.165) is 82.7 Å². The maximum absolute atomic E-state index is 11.5. The normalized spacial score (nSPS) is 15.2. The number of piperazine rings is 1. The molecule has 1 saturated heterocycles. The van der Waals surface area contributed by atoms with Gasteiger partial charge in [0.2, 0.25) is 5.91 Å². The molecule has 0 radical (unpaired) electrons. The molecule has 0 atom stereocenters. The average molecular weight is 420 g/mol. The summed E-state index contributed by atoms with van der Waals surface area (Å²) < 4.78 is 10.6. The SMILES string of the molecule is CCOCCCNC(=NCc1ccc(OC)cc1)NCCN1CCN(C(C)=O)CC1. The van der Waals surface area contributed by atoms with Crippen LogP contribution in [0, 0.1) is 0 Å². The van der Waals surface area contributed by atoms with Crippen LogP contribution in [0.25, 0.3) is 0 Å². The topological polar surface area (TPSA) is 78.4 Å². The summed E-state index contributed by atoms with van der Waals surface area (Å²) in [5.74, 6) is 1.82. The fourth-order valence-corrected chi connectivity index (χ4v) is 3.22. The summed E-state index contributed by atoms with van der Waals surface area (Å²) in [7, 11) is 1.67. The molecule has 0 unspecified atom stereocenters. The number of nitrogens with one attached hydrogen (secondary N) is 2. The Labute approximate surface area is 180 Å². The van der Waals surface area contributed by atoms with Crippen molar-refractivity contribution in [3.8, 4) is 5.75 Å². The zero-order valence-corrected chi connectivity index (χ0v) is 18.7. The molecule has 1 aromatic carbocycles. The number of carbonyl (C=O) groups excluding carboxylic acids is 1. The lowest BCUT2D eigenvalue weighted by Gasteiger charge is -2.34. The third-order valence-corrected chi connectivity index (χ3v) is 5.08. The lowest BCUT2D eigenvalue weighted by Crippen LogP contribution is -2.50. The van der Waals surface area contributed by atoms with Crippen LogP contribution < -0.4 is 15.4 Å². The Hall–Kier alpha value is -2.32. The molecule has 8 heteroatoms. The summed E-state index contributed by atoms with van der Waals surface area (Å²) in [6.45, 7) is 11.7. The molecule has 0 saturated carbocycles. The molecule has 1 fully saturated rings. The highest BCUT2D eigenvalue weighted by molar-refractivity contribution is 5.79. The van der Waals surface area contributed by atoms with Gasteiger partial charge in [0.1, 0.15) is 5.75 Å². The lowest BCUT2D eigenvalue weighted by atomic mass is 10.2. The van der Waals surface area contributed by atoms with Crippen LogP contribution in [0.2, 0.25) is 0 Å². The Morgan fingerprint density at radius 2 is 1.80 bits per heavy atom. The predicted molar refractivity (Wildman–Crippen MR) is 120 cm³/mol. The van der Waals surface area contributed by atoms with Gasteiger partial charge in [-0.05, 0) is 31.0 Å². The van der Waals surface area contributed by atoms with Crippen molar-refractivity contribution in [2.45, 2.75) is 26.8 Å². The number of benzene rings is 1. The van der Waals surface area contributed by atoms with Gasteiger partial charge in [-0.1, -0.05) is 12.1 Å². The van der Waals surface area contributed by atoms with Crippen molar-refractivity contribution >= 4 is 11.9 Å². The molecule has 1 heterocycles. The van der Waals surface area contributed by atoms with Gasteiger partial charge < -0.3 is 25.0 Å². The van der Waals surface area contributed by atoms with E-state index >= 15 is 0 Å². The van der Waals surface area contributed by atoms with E-state index in [1.165, 1.54) is 0 Å². The number of ether oxygens (including phenoxy) is 2. The number of hydrogen-bond acceptors (Lipinski definition) is 5. The Kier molecular flexibility index (Phi) is 11.0. The molecule has 1 aromatic rings. The van der Waals surface area contributed by atoms with Gasteiger partial charge in [0.25, 0.3) is 0 Å². The number of guanidine groups is 1. The Morgan fingerprint density at radius 1 is 1.10 bits per heavy atom. The summed E-state index contributed by atoms with van der Waals surface area (Å²) in [5.41, 5.74) is 1.13. The maximum atomic E-state index is 11.5. The highest BCUT2D eigenvalue weighted by Gasteiger charge is 2.17. The molecule has 1 amide bonds. The average Bonchev–Trinajstić information content (AvgIpc) is 2.77. The van der Waals surface area contributed by atoms with E-state index in [1.54, 1.807) is 14.0 Å². The number of methoxy groups -OCH3 is 1. The van der Waals surface area contributed by atoms with E-state index in [0.29, 0.717) is 6.54 Å². The van der Waals surface area contributed by atoms with Crippen LogP contribution in [0.5, 0.6) is 5.75 Å². The van der Waals surface area contributed by atoms with Gasteiger partial charge in [0.05, 0.1) is 13.7 Å². The fourth-order valence-electron chi connectivity index (χ4n) is 3.22. The zero-order valence-electron chi connectivity index (χ0n) is 18.7. The van der Waals surface area contributed by atoms with Crippen LogP contribution in [0.1, 0.15) is 25.8 Å². The molecular weight excluding hydrogens is 382 g/mol. The largest absolute Gasteiger partial charge is 0.497 e. The minimum atomic E-state index is 0.164. The minimum absolute atomic E-state index is 0.164. The van der Waals surface area contributed by atoms with E-state index in [-0.39, 0.29) is 5.91 Å². The first-order chi connectivity index (χ1) is 14.6. The molecule has 8 nitrogen and oxygen atoms in total. The third-order valence-electron chi connectivity index (χ3n) is 5.08. The molecule has 1 aliphatic rings.